The lowest BCUT2D eigenvalue weighted by molar-refractivity contribution is 0.282. The van der Waals surface area contributed by atoms with Gasteiger partial charge in [-0.15, -0.1) is 0 Å². The molecule has 0 amide bonds. The van der Waals surface area contributed by atoms with Crippen LogP contribution in [-0.4, -0.2) is 5.11 Å². The summed E-state index contributed by atoms with van der Waals surface area (Å²) in [6.45, 7) is 2.76. The Balaban J connectivity index is 1.96. The third-order valence-electron chi connectivity index (χ3n) is 3.26. The van der Waals surface area contributed by atoms with Crippen molar-refractivity contribution in [2.75, 3.05) is 0 Å². The van der Waals surface area contributed by atoms with E-state index in [9.17, 15) is 4.39 Å². The van der Waals surface area contributed by atoms with Crippen LogP contribution in [0.5, 0.6) is 0 Å². The number of halogens is 2. The minimum absolute atomic E-state index is 0.0538. The summed E-state index contributed by atoms with van der Waals surface area (Å²) in [6.07, 6.45) is 0. The van der Waals surface area contributed by atoms with Gasteiger partial charge in [-0.3, -0.25) is 0 Å². The number of rotatable bonds is 5. The normalized spacial score (nSPS) is 12.4. The minimum Gasteiger partial charge on any atom is -0.392 e. The molecule has 0 saturated heterocycles. The fourth-order valence-electron chi connectivity index (χ4n) is 1.93. The molecule has 20 heavy (non-hydrogen) atoms. The van der Waals surface area contributed by atoms with Gasteiger partial charge in [0.05, 0.1) is 11.6 Å². The zero-order valence-corrected chi connectivity index (χ0v) is 12.0. The summed E-state index contributed by atoms with van der Waals surface area (Å²) in [6, 6.07) is 12.6. The molecular weight excluding hydrogens is 277 g/mol. The van der Waals surface area contributed by atoms with Gasteiger partial charge in [0.2, 0.25) is 0 Å². The first-order valence-corrected chi connectivity index (χ1v) is 6.85. The maximum absolute atomic E-state index is 13.1. The second kappa shape index (κ2) is 6.84. The first-order valence-electron chi connectivity index (χ1n) is 6.47. The lowest BCUT2D eigenvalue weighted by atomic mass is 10.1. The third-order valence-corrected chi connectivity index (χ3v) is 3.55. The number of benzene rings is 2. The Morgan fingerprint density at radius 3 is 2.40 bits per heavy atom. The molecule has 4 heteroatoms. The summed E-state index contributed by atoms with van der Waals surface area (Å²) in [5, 5.41) is 12.5. The lowest BCUT2D eigenvalue weighted by Crippen LogP contribution is -2.18. The second-order valence-electron chi connectivity index (χ2n) is 4.75. The Kier molecular flexibility index (Phi) is 5.12. The molecule has 2 nitrogen and oxygen atoms in total. The maximum atomic E-state index is 13.1. The largest absolute Gasteiger partial charge is 0.392 e. The van der Waals surface area contributed by atoms with E-state index < -0.39 is 5.82 Å². The molecule has 0 aliphatic heterocycles. The molecule has 2 aromatic carbocycles. The molecule has 106 valence electrons. The fourth-order valence-corrected chi connectivity index (χ4v) is 2.12. The van der Waals surface area contributed by atoms with Crippen LogP contribution in [0.4, 0.5) is 4.39 Å². The number of aliphatic hydroxyl groups is 1. The summed E-state index contributed by atoms with van der Waals surface area (Å²) in [4.78, 5) is 0. The van der Waals surface area contributed by atoms with E-state index >= 15 is 0 Å². The number of hydrogen-bond donors (Lipinski definition) is 2. The van der Waals surface area contributed by atoms with Crippen molar-refractivity contribution in [3.05, 3.63) is 70.0 Å². The zero-order valence-electron chi connectivity index (χ0n) is 11.2. The highest BCUT2D eigenvalue weighted by Crippen LogP contribution is 2.21. The predicted molar refractivity (Wildman–Crippen MR) is 79.0 cm³/mol. The van der Waals surface area contributed by atoms with Crippen LogP contribution in [0.15, 0.2) is 42.5 Å². The van der Waals surface area contributed by atoms with Crippen molar-refractivity contribution in [2.24, 2.45) is 0 Å². The van der Waals surface area contributed by atoms with E-state index in [1.54, 1.807) is 12.1 Å². The first kappa shape index (κ1) is 15.0. The molecule has 0 aliphatic carbocycles. The Hall–Kier alpha value is -1.42. The van der Waals surface area contributed by atoms with E-state index in [-0.39, 0.29) is 17.7 Å². The predicted octanol–water partition coefficient (Wildman–Crippen LogP) is 3.82. The molecule has 0 fully saturated rings. The van der Waals surface area contributed by atoms with Crippen molar-refractivity contribution in [2.45, 2.75) is 26.1 Å². The molecule has 0 saturated carbocycles. The van der Waals surface area contributed by atoms with Gasteiger partial charge in [0.15, 0.2) is 0 Å². The molecular formula is C16H17ClFNO. The van der Waals surface area contributed by atoms with Gasteiger partial charge in [-0.25, -0.2) is 4.39 Å². The van der Waals surface area contributed by atoms with Crippen LogP contribution in [-0.2, 0) is 13.2 Å². The van der Waals surface area contributed by atoms with Crippen LogP contribution < -0.4 is 5.32 Å². The Labute approximate surface area is 123 Å². The van der Waals surface area contributed by atoms with Crippen molar-refractivity contribution >= 4 is 11.6 Å². The monoisotopic (exact) mass is 293 g/mol. The van der Waals surface area contributed by atoms with Gasteiger partial charge < -0.3 is 10.4 Å². The zero-order chi connectivity index (χ0) is 14.5. The van der Waals surface area contributed by atoms with Crippen LogP contribution in [0.25, 0.3) is 0 Å². The van der Waals surface area contributed by atoms with E-state index in [4.69, 9.17) is 16.7 Å². The molecule has 2 rings (SSSR count). The Morgan fingerprint density at radius 2 is 1.80 bits per heavy atom. The summed E-state index contributed by atoms with van der Waals surface area (Å²) in [7, 11) is 0. The van der Waals surface area contributed by atoms with Gasteiger partial charge in [-0.05, 0) is 35.7 Å². The van der Waals surface area contributed by atoms with Crippen molar-refractivity contribution < 1.29 is 9.50 Å². The topological polar surface area (TPSA) is 32.3 Å². The van der Waals surface area contributed by atoms with Crippen LogP contribution in [0.3, 0.4) is 0 Å². The molecule has 1 atom stereocenters. The van der Waals surface area contributed by atoms with Gasteiger partial charge in [0, 0.05) is 12.6 Å². The molecule has 0 bridgehead atoms. The molecule has 0 aromatic heterocycles. The van der Waals surface area contributed by atoms with E-state index in [0.29, 0.717) is 6.54 Å². The molecule has 2 N–H and O–H groups in total. The summed E-state index contributed by atoms with van der Waals surface area (Å²) >= 11 is 5.78. The van der Waals surface area contributed by atoms with E-state index in [0.717, 1.165) is 16.7 Å². The molecule has 2 aromatic rings. The smallest absolute Gasteiger partial charge is 0.141 e. The highest BCUT2D eigenvalue weighted by Gasteiger charge is 2.08. The van der Waals surface area contributed by atoms with Crippen LogP contribution >= 0.6 is 11.6 Å². The number of nitrogens with one attached hydrogen (secondary N) is 1. The average molecular weight is 294 g/mol. The second-order valence-corrected chi connectivity index (χ2v) is 5.16. The number of aliphatic hydroxyl groups excluding tert-OH is 1. The van der Waals surface area contributed by atoms with E-state index in [2.05, 4.69) is 5.32 Å². The van der Waals surface area contributed by atoms with Crippen molar-refractivity contribution in [1.82, 2.24) is 5.32 Å². The summed E-state index contributed by atoms with van der Waals surface area (Å²) in [5.41, 5.74) is 2.97. The van der Waals surface area contributed by atoms with Crippen LogP contribution in [0.2, 0.25) is 5.02 Å². The summed E-state index contributed by atoms with van der Waals surface area (Å²) < 4.78 is 13.1. The SMILES string of the molecule is C[C@H](NCc1ccc(CO)cc1)c1ccc(F)c(Cl)c1. The van der Waals surface area contributed by atoms with Gasteiger partial charge >= 0.3 is 0 Å². The third kappa shape index (κ3) is 3.79. The highest BCUT2D eigenvalue weighted by atomic mass is 35.5. The Bertz CT molecular complexity index is 571. The minimum atomic E-state index is -0.401. The van der Waals surface area contributed by atoms with Crippen molar-refractivity contribution in [3.8, 4) is 0 Å². The summed E-state index contributed by atoms with van der Waals surface area (Å²) in [5.74, 6) is -0.401. The van der Waals surface area contributed by atoms with E-state index in [1.807, 2.05) is 31.2 Å². The van der Waals surface area contributed by atoms with Gasteiger partial charge in [-0.2, -0.15) is 0 Å². The average Bonchev–Trinajstić information content (AvgIpc) is 2.48. The quantitative estimate of drug-likeness (QED) is 0.878. The molecule has 0 heterocycles. The highest BCUT2D eigenvalue weighted by molar-refractivity contribution is 6.30. The number of hydrogen-bond acceptors (Lipinski definition) is 2. The fraction of sp³-hybridized carbons (Fsp3) is 0.250. The van der Waals surface area contributed by atoms with Crippen molar-refractivity contribution in [3.63, 3.8) is 0 Å². The molecule has 0 unspecified atom stereocenters. The van der Waals surface area contributed by atoms with Gasteiger partial charge in [0.1, 0.15) is 5.82 Å². The van der Waals surface area contributed by atoms with Crippen molar-refractivity contribution in [1.29, 1.82) is 0 Å². The maximum Gasteiger partial charge on any atom is 0.141 e. The Morgan fingerprint density at radius 1 is 1.15 bits per heavy atom. The van der Waals surface area contributed by atoms with Gasteiger partial charge in [-0.1, -0.05) is 41.9 Å². The lowest BCUT2D eigenvalue weighted by Gasteiger charge is -2.15. The molecule has 0 aliphatic rings. The van der Waals surface area contributed by atoms with Gasteiger partial charge in [0.25, 0.3) is 0 Å². The first-order chi connectivity index (χ1) is 9.60. The standard InChI is InChI=1S/C16H17ClFNO/c1-11(14-6-7-16(18)15(17)8-14)19-9-12-2-4-13(10-20)5-3-12/h2-8,11,19-20H,9-10H2,1H3/t11-/m0/s1. The van der Waals surface area contributed by atoms with E-state index in [1.165, 1.54) is 6.07 Å². The van der Waals surface area contributed by atoms with Crippen LogP contribution in [0, 0.1) is 5.82 Å². The van der Waals surface area contributed by atoms with Crippen LogP contribution in [0.1, 0.15) is 29.7 Å². The molecule has 0 radical (unpaired) electrons. The molecule has 0 spiro atoms.